The van der Waals surface area contributed by atoms with Crippen molar-refractivity contribution >= 4 is 34.5 Å². The lowest BCUT2D eigenvalue weighted by atomic mass is 9.93. The number of oxime groups is 1. The van der Waals surface area contributed by atoms with Gasteiger partial charge in [-0.25, -0.2) is 9.59 Å². The molecule has 0 aromatic heterocycles. The smallest absolute Gasteiger partial charge is 0.440 e. The number of alkyl halides is 3. The molecule has 0 saturated carbocycles. The van der Waals surface area contributed by atoms with Gasteiger partial charge in [-0.15, -0.1) is 0 Å². The van der Waals surface area contributed by atoms with E-state index in [4.69, 9.17) is 11.6 Å². The standard InChI is InChI=1S/C15H16ClF3N2O5/c1-4-11(16)20-26-13(23)21(2)10-7-5-9(6-8-10)14(24,12(22)25-3)15(17,18)19/h5-8,24H,4H2,1-3H3. The Labute approximate surface area is 151 Å². The third-order valence-electron chi connectivity index (χ3n) is 3.35. The summed E-state index contributed by atoms with van der Waals surface area (Å²) < 4.78 is 43.5. The molecule has 0 fully saturated rings. The molecule has 0 spiro atoms. The van der Waals surface area contributed by atoms with Crippen LogP contribution in [-0.4, -0.2) is 42.7 Å². The minimum atomic E-state index is -5.31. The van der Waals surface area contributed by atoms with E-state index in [1.807, 2.05) is 0 Å². The van der Waals surface area contributed by atoms with E-state index in [0.29, 0.717) is 6.42 Å². The topological polar surface area (TPSA) is 88.4 Å². The Morgan fingerprint density at radius 1 is 1.27 bits per heavy atom. The van der Waals surface area contributed by atoms with Gasteiger partial charge in [-0.1, -0.05) is 35.8 Å². The molecule has 0 heterocycles. The van der Waals surface area contributed by atoms with Gasteiger partial charge in [0.2, 0.25) is 0 Å². The maximum absolute atomic E-state index is 13.2. The Morgan fingerprint density at radius 2 is 1.81 bits per heavy atom. The first-order chi connectivity index (χ1) is 12.0. The van der Waals surface area contributed by atoms with E-state index in [1.54, 1.807) is 6.92 Å². The first-order valence-electron chi connectivity index (χ1n) is 7.14. The Balaban J connectivity index is 3.10. The van der Waals surface area contributed by atoms with Gasteiger partial charge in [0.15, 0.2) is 0 Å². The number of rotatable bonds is 5. The lowest BCUT2D eigenvalue weighted by Crippen LogP contribution is -2.49. The van der Waals surface area contributed by atoms with E-state index in [2.05, 4.69) is 14.7 Å². The average molecular weight is 397 g/mol. The number of anilines is 1. The van der Waals surface area contributed by atoms with E-state index in [1.165, 1.54) is 7.05 Å². The van der Waals surface area contributed by atoms with Crippen molar-refractivity contribution in [3.05, 3.63) is 29.8 Å². The second-order valence-corrected chi connectivity index (χ2v) is 5.42. The Kier molecular flexibility index (Phi) is 6.99. The SMILES string of the molecule is CCC(Cl)=NOC(=O)N(C)c1ccc(C(O)(C(=O)OC)C(F)(F)F)cc1. The van der Waals surface area contributed by atoms with Crippen LogP contribution in [0.2, 0.25) is 0 Å². The van der Waals surface area contributed by atoms with Crippen LogP contribution in [0.15, 0.2) is 29.4 Å². The summed E-state index contributed by atoms with van der Waals surface area (Å²) in [6.07, 6.45) is -5.90. The number of amides is 1. The summed E-state index contributed by atoms with van der Waals surface area (Å²) in [5, 5.41) is 13.3. The van der Waals surface area contributed by atoms with Gasteiger partial charge in [0.1, 0.15) is 5.17 Å². The van der Waals surface area contributed by atoms with E-state index in [-0.39, 0.29) is 10.9 Å². The van der Waals surface area contributed by atoms with Crippen molar-refractivity contribution in [2.24, 2.45) is 5.16 Å². The highest BCUT2D eigenvalue weighted by Gasteiger charge is 2.62. The van der Waals surface area contributed by atoms with Crippen LogP contribution in [0, 0.1) is 0 Å². The zero-order valence-corrected chi connectivity index (χ0v) is 14.8. The number of benzene rings is 1. The Hall–Kier alpha value is -2.33. The summed E-state index contributed by atoms with van der Waals surface area (Å²) in [4.78, 5) is 28.8. The summed E-state index contributed by atoms with van der Waals surface area (Å²) in [5.74, 6) is -1.88. The summed E-state index contributed by atoms with van der Waals surface area (Å²) in [7, 11) is 2.00. The van der Waals surface area contributed by atoms with Crippen LogP contribution < -0.4 is 4.90 Å². The summed E-state index contributed by atoms with van der Waals surface area (Å²) in [6.45, 7) is 1.69. The van der Waals surface area contributed by atoms with Crippen LogP contribution in [0.1, 0.15) is 18.9 Å². The normalized spacial score (nSPS) is 14.4. The number of carbonyl (C=O) groups excluding carboxylic acids is 2. The van der Waals surface area contributed by atoms with Gasteiger partial charge < -0.3 is 9.84 Å². The zero-order chi connectivity index (χ0) is 20.1. The Bertz CT molecular complexity index is 694. The highest BCUT2D eigenvalue weighted by Crippen LogP contribution is 2.40. The molecule has 26 heavy (non-hydrogen) atoms. The number of halogens is 4. The van der Waals surface area contributed by atoms with Crippen molar-refractivity contribution in [1.29, 1.82) is 0 Å². The number of ether oxygens (including phenoxy) is 1. The molecule has 0 saturated heterocycles. The van der Waals surface area contributed by atoms with Crippen molar-refractivity contribution in [3.8, 4) is 0 Å². The highest BCUT2D eigenvalue weighted by atomic mass is 35.5. The van der Waals surface area contributed by atoms with Gasteiger partial charge in [-0.2, -0.15) is 13.2 Å². The van der Waals surface area contributed by atoms with Crippen LogP contribution in [0.4, 0.5) is 23.7 Å². The van der Waals surface area contributed by atoms with E-state index in [0.717, 1.165) is 36.3 Å². The molecule has 0 aliphatic carbocycles. The summed E-state index contributed by atoms with van der Waals surface area (Å²) in [6, 6.07) is 3.85. The van der Waals surface area contributed by atoms with Crippen molar-refractivity contribution in [2.75, 3.05) is 19.1 Å². The third-order valence-corrected chi connectivity index (χ3v) is 3.69. The lowest BCUT2D eigenvalue weighted by Gasteiger charge is -2.28. The quantitative estimate of drug-likeness (QED) is 0.357. The van der Waals surface area contributed by atoms with Crippen molar-refractivity contribution in [3.63, 3.8) is 0 Å². The fourth-order valence-corrected chi connectivity index (χ4v) is 1.83. The van der Waals surface area contributed by atoms with Gasteiger partial charge in [0.05, 0.1) is 7.11 Å². The van der Waals surface area contributed by atoms with Crippen molar-refractivity contribution in [2.45, 2.75) is 25.1 Å². The highest BCUT2D eigenvalue weighted by molar-refractivity contribution is 6.65. The number of hydrogen-bond acceptors (Lipinski definition) is 6. The number of esters is 1. The summed E-state index contributed by atoms with van der Waals surface area (Å²) in [5.41, 5.74) is -4.48. The van der Waals surface area contributed by atoms with Crippen molar-refractivity contribution in [1.82, 2.24) is 0 Å². The minimum Gasteiger partial charge on any atom is -0.466 e. The molecule has 0 radical (unpaired) electrons. The fraction of sp³-hybridized carbons (Fsp3) is 0.400. The molecule has 1 N–H and O–H groups in total. The molecule has 0 aliphatic heterocycles. The lowest BCUT2D eigenvalue weighted by molar-refractivity contribution is -0.266. The van der Waals surface area contributed by atoms with Gasteiger partial charge >= 0.3 is 18.2 Å². The first-order valence-corrected chi connectivity index (χ1v) is 7.51. The Morgan fingerprint density at radius 3 is 2.23 bits per heavy atom. The largest absolute Gasteiger partial charge is 0.466 e. The minimum absolute atomic E-state index is 0.0513. The van der Waals surface area contributed by atoms with Crippen LogP contribution in [0.3, 0.4) is 0 Å². The molecule has 1 amide bonds. The van der Waals surface area contributed by atoms with Crippen LogP contribution in [0.25, 0.3) is 0 Å². The molecule has 1 rings (SSSR count). The second kappa shape index (κ2) is 8.37. The number of methoxy groups -OCH3 is 1. The van der Waals surface area contributed by atoms with Crippen LogP contribution >= 0.6 is 11.6 Å². The monoisotopic (exact) mass is 396 g/mol. The van der Waals surface area contributed by atoms with Crippen LogP contribution in [0.5, 0.6) is 0 Å². The molecule has 1 aromatic rings. The molecule has 1 unspecified atom stereocenters. The number of carbonyl (C=O) groups is 2. The molecule has 1 atom stereocenters. The molecule has 11 heteroatoms. The van der Waals surface area contributed by atoms with E-state index >= 15 is 0 Å². The molecule has 7 nitrogen and oxygen atoms in total. The summed E-state index contributed by atoms with van der Waals surface area (Å²) >= 11 is 5.59. The maximum Gasteiger partial charge on any atom is 0.440 e. The van der Waals surface area contributed by atoms with Crippen LogP contribution in [-0.2, 0) is 20.0 Å². The van der Waals surface area contributed by atoms with Crippen molar-refractivity contribution < 1.29 is 37.4 Å². The number of hydrogen-bond donors (Lipinski definition) is 1. The zero-order valence-electron chi connectivity index (χ0n) is 14.0. The molecular formula is C15H16ClF3N2O5. The predicted octanol–water partition coefficient (Wildman–Crippen LogP) is 3.14. The number of aliphatic hydroxyl groups is 1. The van der Waals surface area contributed by atoms with E-state index in [9.17, 15) is 27.9 Å². The van der Waals surface area contributed by atoms with Gasteiger partial charge in [-0.05, 0) is 12.1 Å². The second-order valence-electron chi connectivity index (χ2n) is 4.98. The van der Waals surface area contributed by atoms with Gasteiger partial charge in [-0.3, -0.25) is 9.74 Å². The number of nitrogens with zero attached hydrogens (tertiary/aromatic N) is 2. The van der Waals surface area contributed by atoms with Gasteiger partial charge in [0, 0.05) is 24.7 Å². The maximum atomic E-state index is 13.2. The van der Waals surface area contributed by atoms with E-state index < -0.39 is 29.4 Å². The fourth-order valence-electron chi connectivity index (χ4n) is 1.79. The molecule has 1 aromatic carbocycles. The average Bonchev–Trinajstić information content (AvgIpc) is 2.62. The first kappa shape index (κ1) is 21.7. The van der Waals surface area contributed by atoms with Gasteiger partial charge in [0.25, 0.3) is 5.60 Å². The molecular weight excluding hydrogens is 381 g/mol. The predicted molar refractivity (Wildman–Crippen MR) is 86.9 cm³/mol. The third kappa shape index (κ3) is 4.44. The molecule has 144 valence electrons. The molecule has 0 bridgehead atoms. The molecule has 0 aliphatic rings.